The Labute approximate surface area is 86.2 Å². The first kappa shape index (κ1) is 11.3. The molecule has 0 aliphatic heterocycles. The van der Waals surface area contributed by atoms with Crippen molar-refractivity contribution in [2.45, 2.75) is 0 Å². The lowest BCUT2D eigenvalue weighted by Gasteiger charge is -1.93. The number of non-ortho nitro benzene ring substituents is 1. The maximum atomic E-state index is 10.6. The molecule has 1 rings (SSSR count). The average molecular weight is 228 g/mol. The SMILES string of the molecule is NS(=O)(=O)/C=C/c1cccc([N+](=O)[O-])c1. The Balaban J connectivity index is 3.02. The van der Waals surface area contributed by atoms with Gasteiger partial charge in [0, 0.05) is 17.5 Å². The minimum Gasteiger partial charge on any atom is -0.258 e. The van der Waals surface area contributed by atoms with E-state index >= 15 is 0 Å². The van der Waals surface area contributed by atoms with Crippen molar-refractivity contribution in [3.63, 3.8) is 0 Å². The number of nitrogens with zero attached hydrogens (tertiary/aromatic N) is 1. The van der Waals surface area contributed by atoms with Crippen LogP contribution in [0.15, 0.2) is 29.7 Å². The zero-order chi connectivity index (χ0) is 11.5. The Morgan fingerprint density at radius 2 is 2.07 bits per heavy atom. The first-order chi connectivity index (χ1) is 6.88. The summed E-state index contributed by atoms with van der Waals surface area (Å²) in [6.07, 6.45) is 1.20. The van der Waals surface area contributed by atoms with Crippen LogP contribution in [-0.4, -0.2) is 13.3 Å². The van der Waals surface area contributed by atoms with Gasteiger partial charge in [-0.2, -0.15) is 0 Å². The summed E-state index contributed by atoms with van der Waals surface area (Å²) in [6, 6.07) is 5.56. The highest BCUT2D eigenvalue weighted by Crippen LogP contribution is 2.14. The van der Waals surface area contributed by atoms with Crippen molar-refractivity contribution >= 4 is 21.8 Å². The summed E-state index contributed by atoms with van der Waals surface area (Å²) in [4.78, 5) is 9.83. The third kappa shape index (κ3) is 3.88. The molecule has 1 aromatic carbocycles. The number of hydrogen-bond donors (Lipinski definition) is 1. The fraction of sp³-hybridized carbons (Fsp3) is 0. The van der Waals surface area contributed by atoms with E-state index in [1.807, 2.05) is 0 Å². The van der Waals surface area contributed by atoms with Crippen LogP contribution in [0.5, 0.6) is 0 Å². The molecule has 15 heavy (non-hydrogen) atoms. The molecule has 0 saturated carbocycles. The third-order valence-corrected chi connectivity index (χ3v) is 2.05. The number of hydrogen-bond acceptors (Lipinski definition) is 4. The van der Waals surface area contributed by atoms with E-state index in [0.717, 1.165) is 5.41 Å². The molecule has 0 heterocycles. The van der Waals surface area contributed by atoms with Crippen LogP contribution in [-0.2, 0) is 10.0 Å². The van der Waals surface area contributed by atoms with Crippen LogP contribution in [0.3, 0.4) is 0 Å². The second-order valence-electron chi connectivity index (χ2n) is 2.74. The summed E-state index contributed by atoms with van der Waals surface area (Å²) >= 11 is 0. The average Bonchev–Trinajstić information content (AvgIpc) is 2.14. The molecule has 0 unspecified atom stereocenters. The lowest BCUT2D eigenvalue weighted by Crippen LogP contribution is -2.06. The number of sulfonamides is 1. The third-order valence-electron chi connectivity index (χ3n) is 1.53. The molecule has 0 aromatic heterocycles. The predicted molar refractivity (Wildman–Crippen MR) is 55.2 cm³/mol. The van der Waals surface area contributed by atoms with E-state index in [-0.39, 0.29) is 5.69 Å². The van der Waals surface area contributed by atoms with Crippen molar-refractivity contribution < 1.29 is 13.3 Å². The van der Waals surface area contributed by atoms with Gasteiger partial charge in [0.05, 0.1) is 4.92 Å². The molecule has 6 nitrogen and oxygen atoms in total. The van der Waals surface area contributed by atoms with E-state index < -0.39 is 14.9 Å². The summed E-state index contributed by atoms with van der Waals surface area (Å²) < 4.78 is 21.2. The Kier molecular flexibility index (Phi) is 3.17. The number of rotatable bonds is 3. The number of nitro benzene ring substituents is 1. The zero-order valence-corrected chi connectivity index (χ0v) is 8.35. The van der Waals surface area contributed by atoms with E-state index in [1.54, 1.807) is 0 Å². The van der Waals surface area contributed by atoms with Gasteiger partial charge in [-0.25, -0.2) is 13.6 Å². The summed E-state index contributed by atoms with van der Waals surface area (Å²) in [7, 11) is -3.71. The molecule has 0 amide bonds. The molecule has 0 fully saturated rings. The van der Waals surface area contributed by atoms with Gasteiger partial charge in [0.2, 0.25) is 10.0 Å². The van der Waals surface area contributed by atoms with Gasteiger partial charge in [-0.15, -0.1) is 0 Å². The molecule has 0 saturated heterocycles. The molecule has 1 aromatic rings. The number of primary sulfonamides is 1. The highest BCUT2D eigenvalue weighted by atomic mass is 32.2. The quantitative estimate of drug-likeness (QED) is 0.611. The van der Waals surface area contributed by atoms with Crippen LogP contribution in [0.2, 0.25) is 0 Å². The molecular weight excluding hydrogens is 220 g/mol. The molecule has 0 aliphatic rings. The second-order valence-corrected chi connectivity index (χ2v) is 4.19. The van der Waals surface area contributed by atoms with Crippen molar-refractivity contribution in [3.05, 3.63) is 45.4 Å². The first-order valence-corrected chi connectivity index (χ1v) is 5.45. The van der Waals surface area contributed by atoms with Crippen molar-refractivity contribution in [1.29, 1.82) is 0 Å². The van der Waals surface area contributed by atoms with Gasteiger partial charge in [-0.05, 0) is 11.6 Å². The van der Waals surface area contributed by atoms with Crippen LogP contribution < -0.4 is 5.14 Å². The van der Waals surface area contributed by atoms with E-state index in [9.17, 15) is 18.5 Å². The maximum Gasteiger partial charge on any atom is 0.270 e. The highest BCUT2D eigenvalue weighted by molar-refractivity contribution is 7.92. The summed E-state index contributed by atoms with van der Waals surface area (Å²) in [5.41, 5.74) is 0.296. The minimum absolute atomic E-state index is 0.105. The zero-order valence-electron chi connectivity index (χ0n) is 7.53. The molecule has 0 aliphatic carbocycles. The van der Waals surface area contributed by atoms with Gasteiger partial charge in [-0.3, -0.25) is 10.1 Å². The topological polar surface area (TPSA) is 103 Å². The van der Waals surface area contributed by atoms with Gasteiger partial charge in [0.1, 0.15) is 0 Å². The smallest absolute Gasteiger partial charge is 0.258 e. The molecule has 80 valence electrons. The van der Waals surface area contributed by atoms with Crippen LogP contribution in [0.4, 0.5) is 5.69 Å². The van der Waals surface area contributed by atoms with E-state index in [1.165, 1.54) is 30.3 Å². The Morgan fingerprint density at radius 3 is 2.60 bits per heavy atom. The highest BCUT2D eigenvalue weighted by Gasteiger charge is 2.04. The lowest BCUT2D eigenvalue weighted by atomic mass is 10.2. The van der Waals surface area contributed by atoms with Crippen LogP contribution >= 0.6 is 0 Å². The van der Waals surface area contributed by atoms with Crippen molar-refractivity contribution in [2.75, 3.05) is 0 Å². The summed E-state index contributed by atoms with van der Waals surface area (Å²) in [5.74, 6) is 0. The monoisotopic (exact) mass is 228 g/mol. The minimum atomic E-state index is -3.71. The van der Waals surface area contributed by atoms with Crippen molar-refractivity contribution in [1.82, 2.24) is 0 Å². The maximum absolute atomic E-state index is 10.6. The molecular formula is C8H8N2O4S. The molecule has 2 N–H and O–H groups in total. The van der Waals surface area contributed by atoms with Gasteiger partial charge in [-0.1, -0.05) is 12.1 Å². The molecule has 0 atom stereocenters. The van der Waals surface area contributed by atoms with Crippen molar-refractivity contribution in [3.8, 4) is 0 Å². The van der Waals surface area contributed by atoms with Gasteiger partial charge in [0.25, 0.3) is 5.69 Å². The fourth-order valence-corrected chi connectivity index (χ4v) is 1.26. The van der Waals surface area contributed by atoms with E-state index in [0.29, 0.717) is 5.56 Å². The molecule has 0 radical (unpaired) electrons. The van der Waals surface area contributed by atoms with E-state index in [4.69, 9.17) is 5.14 Å². The Hall–Kier alpha value is -1.73. The summed E-state index contributed by atoms with van der Waals surface area (Å²) in [6.45, 7) is 0. The Morgan fingerprint density at radius 1 is 1.40 bits per heavy atom. The standard InChI is InChI=1S/C8H8N2O4S/c9-15(13,14)5-4-7-2-1-3-8(6-7)10(11)12/h1-6H,(H2,9,13,14)/b5-4+. The van der Waals surface area contributed by atoms with E-state index in [2.05, 4.69) is 0 Å². The number of nitro groups is 1. The Bertz CT molecular complexity index is 507. The fourth-order valence-electron chi connectivity index (χ4n) is 0.915. The number of benzene rings is 1. The van der Waals surface area contributed by atoms with Gasteiger partial charge < -0.3 is 0 Å². The predicted octanol–water partition coefficient (Wildman–Crippen LogP) is 0.854. The van der Waals surface area contributed by atoms with Crippen molar-refractivity contribution in [2.24, 2.45) is 5.14 Å². The molecule has 0 spiro atoms. The van der Waals surface area contributed by atoms with Gasteiger partial charge in [0.15, 0.2) is 0 Å². The van der Waals surface area contributed by atoms with Crippen LogP contribution in [0, 0.1) is 10.1 Å². The molecule has 0 bridgehead atoms. The van der Waals surface area contributed by atoms with Gasteiger partial charge >= 0.3 is 0 Å². The first-order valence-electron chi connectivity index (χ1n) is 3.84. The summed E-state index contributed by atoms with van der Waals surface area (Å²) in [5, 5.41) is 15.9. The number of nitrogens with two attached hydrogens (primary N) is 1. The largest absolute Gasteiger partial charge is 0.270 e. The molecule has 7 heteroatoms. The second kappa shape index (κ2) is 4.20. The normalized spacial score (nSPS) is 11.8. The van der Waals surface area contributed by atoms with Crippen LogP contribution in [0.1, 0.15) is 5.56 Å². The lowest BCUT2D eigenvalue weighted by molar-refractivity contribution is -0.384. The van der Waals surface area contributed by atoms with Crippen LogP contribution in [0.25, 0.3) is 6.08 Å².